The van der Waals surface area contributed by atoms with Crippen molar-refractivity contribution in [1.82, 2.24) is 10.2 Å². The second-order valence-corrected chi connectivity index (χ2v) is 4.38. The van der Waals surface area contributed by atoms with Gasteiger partial charge in [-0.3, -0.25) is 4.90 Å². The minimum Gasteiger partial charge on any atom is -0.383 e. The Balaban J connectivity index is 2.20. The van der Waals surface area contributed by atoms with Gasteiger partial charge in [-0.05, 0) is 32.4 Å². The molecule has 0 bridgehead atoms. The topological polar surface area (TPSA) is 24.5 Å². The van der Waals surface area contributed by atoms with Crippen molar-refractivity contribution in [1.29, 1.82) is 0 Å². The molecule has 0 heterocycles. The van der Waals surface area contributed by atoms with Crippen LogP contribution >= 0.6 is 0 Å². The van der Waals surface area contributed by atoms with Gasteiger partial charge in [0.15, 0.2) is 0 Å². The molecule has 3 nitrogen and oxygen atoms in total. The average molecular weight is 200 g/mol. The normalized spacial score (nSPS) is 18.9. The zero-order chi connectivity index (χ0) is 10.4. The van der Waals surface area contributed by atoms with Crippen LogP contribution < -0.4 is 5.32 Å². The molecule has 3 heteroatoms. The summed E-state index contributed by atoms with van der Waals surface area (Å²) >= 11 is 0. The largest absolute Gasteiger partial charge is 0.383 e. The molecule has 0 aromatic heterocycles. The number of ether oxygens (including phenoxy) is 1. The lowest BCUT2D eigenvalue weighted by molar-refractivity contribution is 0.133. The minimum atomic E-state index is 0.734. The average Bonchev–Trinajstić information content (AvgIpc) is 2.95. The van der Waals surface area contributed by atoms with Crippen molar-refractivity contribution in [2.45, 2.75) is 25.8 Å². The molecule has 1 fully saturated rings. The van der Waals surface area contributed by atoms with Crippen LogP contribution in [0.5, 0.6) is 0 Å². The van der Waals surface area contributed by atoms with E-state index in [-0.39, 0.29) is 0 Å². The first-order valence-electron chi connectivity index (χ1n) is 5.65. The highest BCUT2D eigenvalue weighted by molar-refractivity contribution is 4.85. The zero-order valence-electron chi connectivity index (χ0n) is 9.75. The molecule has 0 aromatic carbocycles. The van der Waals surface area contributed by atoms with Crippen LogP contribution in [0.4, 0.5) is 0 Å². The summed E-state index contributed by atoms with van der Waals surface area (Å²) in [6.07, 6.45) is 2.77. The van der Waals surface area contributed by atoms with E-state index in [9.17, 15) is 0 Å². The van der Waals surface area contributed by atoms with Crippen molar-refractivity contribution < 1.29 is 4.74 Å². The Kier molecular flexibility index (Phi) is 5.45. The molecular formula is C11H24N2O. The van der Waals surface area contributed by atoms with Gasteiger partial charge in [0.05, 0.1) is 6.61 Å². The first-order valence-corrected chi connectivity index (χ1v) is 5.65. The fraction of sp³-hybridized carbons (Fsp3) is 1.00. The van der Waals surface area contributed by atoms with Gasteiger partial charge >= 0.3 is 0 Å². The maximum absolute atomic E-state index is 5.13. The van der Waals surface area contributed by atoms with Gasteiger partial charge < -0.3 is 10.1 Å². The number of hydrogen-bond acceptors (Lipinski definition) is 3. The number of rotatable bonds is 8. The molecule has 1 atom stereocenters. The summed E-state index contributed by atoms with van der Waals surface area (Å²) in [7, 11) is 3.80. The fourth-order valence-electron chi connectivity index (χ4n) is 1.88. The van der Waals surface area contributed by atoms with Gasteiger partial charge in [0.1, 0.15) is 0 Å². The molecule has 1 aliphatic rings. The molecular weight excluding hydrogens is 176 g/mol. The lowest BCUT2D eigenvalue weighted by Crippen LogP contribution is -2.36. The predicted molar refractivity (Wildman–Crippen MR) is 59.6 cm³/mol. The van der Waals surface area contributed by atoms with Crippen LogP contribution in [0.3, 0.4) is 0 Å². The van der Waals surface area contributed by atoms with E-state index >= 15 is 0 Å². The van der Waals surface area contributed by atoms with Crippen molar-refractivity contribution in [2.24, 2.45) is 5.92 Å². The zero-order valence-corrected chi connectivity index (χ0v) is 9.75. The number of methoxy groups -OCH3 is 1. The summed E-state index contributed by atoms with van der Waals surface area (Å²) in [6.45, 7) is 6.57. The van der Waals surface area contributed by atoms with Gasteiger partial charge in [-0.2, -0.15) is 0 Å². The van der Waals surface area contributed by atoms with Crippen molar-refractivity contribution in [3.05, 3.63) is 0 Å². The van der Waals surface area contributed by atoms with Gasteiger partial charge in [-0.15, -0.1) is 0 Å². The van der Waals surface area contributed by atoms with Crippen molar-refractivity contribution >= 4 is 0 Å². The Morgan fingerprint density at radius 1 is 1.50 bits per heavy atom. The molecule has 0 saturated heterocycles. The molecule has 1 aliphatic carbocycles. The van der Waals surface area contributed by atoms with E-state index in [4.69, 9.17) is 4.74 Å². The first kappa shape index (κ1) is 12.0. The second kappa shape index (κ2) is 6.38. The second-order valence-electron chi connectivity index (χ2n) is 4.38. The summed E-state index contributed by atoms with van der Waals surface area (Å²) < 4.78 is 5.13. The summed E-state index contributed by atoms with van der Waals surface area (Å²) in [4.78, 5) is 2.57. The van der Waals surface area contributed by atoms with Gasteiger partial charge in [-0.1, -0.05) is 6.92 Å². The van der Waals surface area contributed by atoms with Gasteiger partial charge in [0.2, 0.25) is 0 Å². The predicted octanol–water partition coefficient (Wildman–Crippen LogP) is 0.953. The highest BCUT2D eigenvalue weighted by Crippen LogP contribution is 2.27. The molecule has 0 aliphatic heterocycles. The van der Waals surface area contributed by atoms with Crippen LogP contribution in [0.15, 0.2) is 0 Å². The Hall–Kier alpha value is -0.120. The van der Waals surface area contributed by atoms with Gasteiger partial charge in [0.25, 0.3) is 0 Å². The summed E-state index contributed by atoms with van der Waals surface area (Å²) in [5, 5.41) is 3.23. The van der Waals surface area contributed by atoms with E-state index in [2.05, 4.69) is 17.1 Å². The van der Waals surface area contributed by atoms with E-state index in [1.165, 1.54) is 19.4 Å². The van der Waals surface area contributed by atoms with Crippen LogP contribution in [0.25, 0.3) is 0 Å². The van der Waals surface area contributed by atoms with Crippen molar-refractivity contribution in [2.75, 3.05) is 40.4 Å². The highest BCUT2D eigenvalue weighted by Gasteiger charge is 2.29. The first-order chi connectivity index (χ1) is 6.77. The van der Waals surface area contributed by atoms with Crippen LogP contribution in [0, 0.1) is 5.92 Å². The Morgan fingerprint density at radius 2 is 2.21 bits per heavy atom. The summed E-state index contributed by atoms with van der Waals surface area (Å²) in [6, 6.07) is 0.851. The molecule has 0 amide bonds. The van der Waals surface area contributed by atoms with E-state index in [1.54, 1.807) is 7.11 Å². The molecule has 0 spiro atoms. The molecule has 0 radical (unpaired) electrons. The molecule has 1 unspecified atom stereocenters. The fourth-order valence-corrected chi connectivity index (χ4v) is 1.88. The van der Waals surface area contributed by atoms with E-state index < -0.39 is 0 Å². The molecule has 0 aromatic rings. The minimum absolute atomic E-state index is 0.734. The molecule has 14 heavy (non-hydrogen) atoms. The van der Waals surface area contributed by atoms with Crippen LogP contribution in [-0.2, 0) is 4.74 Å². The molecule has 1 saturated carbocycles. The van der Waals surface area contributed by atoms with E-state index in [0.717, 1.165) is 31.7 Å². The SMILES string of the molecule is CNCC(C)CN(CCOC)C1CC1. The maximum Gasteiger partial charge on any atom is 0.0589 e. The lowest BCUT2D eigenvalue weighted by Gasteiger charge is -2.25. The van der Waals surface area contributed by atoms with Crippen molar-refractivity contribution in [3.8, 4) is 0 Å². The third-order valence-corrected chi connectivity index (χ3v) is 2.74. The number of hydrogen-bond donors (Lipinski definition) is 1. The quantitative estimate of drug-likeness (QED) is 0.631. The Morgan fingerprint density at radius 3 is 2.71 bits per heavy atom. The lowest BCUT2D eigenvalue weighted by atomic mass is 10.1. The molecule has 1 N–H and O–H groups in total. The monoisotopic (exact) mass is 200 g/mol. The number of nitrogens with one attached hydrogen (secondary N) is 1. The standard InChI is InChI=1S/C11H24N2O/c1-10(8-12-2)9-13(6-7-14-3)11-4-5-11/h10-12H,4-9H2,1-3H3. The van der Waals surface area contributed by atoms with Gasteiger partial charge in [0, 0.05) is 26.2 Å². The van der Waals surface area contributed by atoms with E-state index in [1.807, 2.05) is 7.05 Å². The summed E-state index contributed by atoms with van der Waals surface area (Å²) in [5.74, 6) is 0.734. The van der Waals surface area contributed by atoms with Gasteiger partial charge in [-0.25, -0.2) is 0 Å². The third kappa shape index (κ3) is 4.40. The Labute approximate surface area is 87.8 Å². The third-order valence-electron chi connectivity index (χ3n) is 2.74. The van der Waals surface area contributed by atoms with Crippen LogP contribution in [-0.4, -0.2) is 51.3 Å². The number of nitrogens with zero attached hydrogens (tertiary/aromatic N) is 1. The summed E-state index contributed by atoms with van der Waals surface area (Å²) in [5.41, 5.74) is 0. The van der Waals surface area contributed by atoms with Crippen molar-refractivity contribution in [3.63, 3.8) is 0 Å². The Bertz CT molecular complexity index is 148. The molecule has 84 valence electrons. The highest BCUT2D eigenvalue weighted by atomic mass is 16.5. The van der Waals surface area contributed by atoms with E-state index in [0.29, 0.717) is 0 Å². The molecule has 1 rings (SSSR count). The smallest absolute Gasteiger partial charge is 0.0589 e. The van der Waals surface area contributed by atoms with Crippen LogP contribution in [0.1, 0.15) is 19.8 Å². The maximum atomic E-state index is 5.13. The van der Waals surface area contributed by atoms with Crippen LogP contribution in [0.2, 0.25) is 0 Å².